The first-order chi connectivity index (χ1) is 10.9. The zero-order chi connectivity index (χ0) is 17.0. The summed E-state index contributed by atoms with van der Waals surface area (Å²) in [4.78, 5) is 27.7. The summed E-state index contributed by atoms with van der Waals surface area (Å²) >= 11 is 0. The number of nitrogens with zero attached hydrogens (tertiary/aromatic N) is 1. The van der Waals surface area contributed by atoms with Crippen molar-refractivity contribution in [2.45, 2.75) is 20.8 Å². The van der Waals surface area contributed by atoms with Gasteiger partial charge in [-0.3, -0.25) is 4.79 Å². The molecule has 1 heterocycles. The van der Waals surface area contributed by atoms with Crippen LogP contribution < -0.4 is 11.1 Å². The number of carbonyl (C=O) groups is 2. The number of nitrogens with two attached hydrogens (primary N) is 1. The highest BCUT2D eigenvalue weighted by Crippen LogP contribution is 2.21. The summed E-state index contributed by atoms with van der Waals surface area (Å²) in [5.41, 5.74) is 9.50. The van der Waals surface area contributed by atoms with Crippen LogP contribution in [-0.2, 0) is 9.53 Å². The summed E-state index contributed by atoms with van der Waals surface area (Å²) in [6.07, 6.45) is 1.47. The fourth-order valence-electron chi connectivity index (χ4n) is 2.35. The molecule has 0 saturated carbocycles. The second-order valence-corrected chi connectivity index (χ2v) is 5.33. The molecule has 0 unspecified atom stereocenters. The molecule has 0 aliphatic carbocycles. The number of anilines is 2. The predicted octanol–water partition coefficient (Wildman–Crippen LogP) is 2.38. The molecule has 0 aliphatic heterocycles. The minimum atomic E-state index is -0.678. The minimum Gasteiger partial charge on any atom is -0.452 e. The first-order valence-corrected chi connectivity index (χ1v) is 7.14. The molecule has 0 bridgehead atoms. The van der Waals surface area contributed by atoms with Gasteiger partial charge < -0.3 is 15.8 Å². The quantitative estimate of drug-likeness (QED) is 0.845. The first-order valence-electron chi connectivity index (χ1n) is 7.14. The highest BCUT2D eigenvalue weighted by molar-refractivity contribution is 5.98. The number of nitrogens with one attached hydrogen (secondary N) is 1. The van der Waals surface area contributed by atoms with Crippen molar-refractivity contribution in [3.05, 3.63) is 52.7 Å². The molecule has 1 aromatic heterocycles. The molecule has 23 heavy (non-hydrogen) atoms. The van der Waals surface area contributed by atoms with Gasteiger partial charge in [-0.05, 0) is 44.0 Å². The zero-order valence-corrected chi connectivity index (χ0v) is 13.3. The number of aromatic nitrogens is 1. The third kappa shape index (κ3) is 4.06. The van der Waals surface area contributed by atoms with E-state index in [0.29, 0.717) is 0 Å². The lowest BCUT2D eigenvalue weighted by atomic mass is 10.1. The zero-order valence-electron chi connectivity index (χ0n) is 13.3. The Labute approximate surface area is 134 Å². The predicted molar refractivity (Wildman–Crippen MR) is 88.2 cm³/mol. The number of benzene rings is 1. The Kier molecular flexibility index (Phi) is 4.95. The Morgan fingerprint density at radius 3 is 2.48 bits per heavy atom. The van der Waals surface area contributed by atoms with Crippen LogP contribution in [0, 0.1) is 20.8 Å². The summed E-state index contributed by atoms with van der Waals surface area (Å²) in [7, 11) is 0. The monoisotopic (exact) mass is 313 g/mol. The van der Waals surface area contributed by atoms with Crippen LogP contribution in [-0.4, -0.2) is 23.5 Å². The number of esters is 1. The third-order valence-corrected chi connectivity index (χ3v) is 3.33. The van der Waals surface area contributed by atoms with Gasteiger partial charge in [-0.2, -0.15) is 0 Å². The molecule has 6 nitrogen and oxygen atoms in total. The van der Waals surface area contributed by atoms with Crippen LogP contribution >= 0.6 is 0 Å². The fourth-order valence-corrected chi connectivity index (χ4v) is 2.35. The van der Waals surface area contributed by atoms with Crippen molar-refractivity contribution in [1.29, 1.82) is 0 Å². The maximum atomic E-state index is 12.0. The van der Waals surface area contributed by atoms with E-state index in [1.54, 1.807) is 6.07 Å². The molecule has 0 spiro atoms. The number of hydrogen-bond donors (Lipinski definition) is 2. The van der Waals surface area contributed by atoms with Crippen LogP contribution in [0.25, 0.3) is 0 Å². The van der Waals surface area contributed by atoms with E-state index in [0.717, 1.165) is 22.4 Å². The van der Waals surface area contributed by atoms with Crippen molar-refractivity contribution < 1.29 is 14.3 Å². The second-order valence-electron chi connectivity index (χ2n) is 5.33. The standard InChI is InChI=1S/C17H19N3O3/c1-10-7-11(2)15(12(3)8-10)20-14(21)9-23-17(22)13-5-4-6-19-16(13)18/h4-8H,9H2,1-3H3,(H2,18,19)(H,20,21). The van der Waals surface area contributed by atoms with E-state index in [4.69, 9.17) is 10.5 Å². The number of pyridine rings is 1. The fraction of sp³-hybridized carbons (Fsp3) is 0.235. The van der Waals surface area contributed by atoms with Gasteiger partial charge in [0.2, 0.25) is 0 Å². The van der Waals surface area contributed by atoms with Crippen LogP contribution in [0.2, 0.25) is 0 Å². The Hall–Kier alpha value is -2.89. The van der Waals surface area contributed by atoms with Gasteiger partial charge in [0.25, 0.3) is 5.91 Å². The Morgan fingerprint density at radius 1 is 1.22 bits per heavy atom. The van der Waals surface area contributed by atoms with Gasteiger partial charge in [0, 0.05) is 11.9 Å². The van der Waals surface area contributed by atoms with Crippen LogP contribution in [0.3, 0.4) is 0 Å². The summed E-state index contributed by atoms with van der Waals surface area (Å²) < 4.78 is 4.98. The van der Waals surface area contributed by atoms with E-state index in [1.807, 2.05) is 32.9 Å². The largest absolute Gasteiger partial charge is 0.452 e. The smallest absolute Gasteiger partial charge is 0.342 e. The van der Waals surface area contributed by atoms with Gasteiger partial charge >= 0.3 is 5.97 Å². The topological polar surface area (TPSA) is 94.3 Å². The van der Waals surface area contributed by atoms with Gasteiger partial charge in [0.05, 0.1) is 0 Å². The molecule has 0 fully saturated rings. The summed E-state index contributed by atoms with van der Waals surface area (Å²) in [6.45, 7) is 5.43. The molecule has 2 aromatic rings. The van der Waals surface area contributed by atoms with Crippen LogP contribution in [0.15, 0.2) is 30.5 Å². The Balaban J connectivity index is 1.99. The molecule has 1 aromatic carbocycles. The van der Waals surface area contributed by atoms with Crippen molar-refractivity contribution in [2.24, 2.45) is 0 Å². The Morgan fingerprint density at radius 2 is 1.87 bits per heavy atom. The molecule has 0 aliphatic rings. The van der Waals surface area contributed by atoms with Gasteiger partial charge in [0.15, 0.2) is 6.61 Å². The van der Waals surface area contributed by atoms with Crippen molar-refractivity contribution in [3.63, 3.8) is 0 Å². The molecule has 120 valence electrons. The highest BCUT2D eigenvalue weighted by Gasteiger charge is 2.14. The summed E-state index contributed by atoms with van der Waals surface area (Å²) in [5, 5.41) is 2.76. The molecule has 0 atom stereocenters. The third-order valence-electron chi connectivity index (χ3n) is 3.33. The van der Waals surface area contributed by atoms with Crippen LogP contribution in [0.4, 0.5) is 11.5 Å². The van der Waals surface area contributed by atoms with E-state index in [-0.39, 0.29) is 18.0 Å². The van der Waals surface area contributed by atoms with E-state index < -0.39 is 11.9 Å². The summed E-state index contributed by atoms with van der Waals surface area (Å²) in [6, 6.07) is 7.03. The highest BCUT2D eigenvalue weighted by atomic mass is 16.5. The molecule has 3 N–H and O–H groups in total. The average Bonchev–Trinajstić information content (AvgIpc) is 2.49. The molecule has 6 heteroatoms. The Bertz CT molecular complexity index is 733. The maximum absolute atomic E-state index is 12.0. The number of rotatable bonds is 4. The molecule has 0 radical (unpaired) electrons. The van der Waals surface area contributed by atoms with Gasteiger partial charge in [-0.1, -0.05) is 17.7 Å². The lowest BCUT2D eigenvalue weighted by Crippen LogP contribution is -2.22. The average molecular weight is 313 g/mol. The summed E-state index contributed by atoms with van der Waals surface area (Å²) in [5.74, 6) is -1.01. The molecule has 2 rings (SSSR count). The van der Waals surface area contributed by atoms with Gasteiger partial charge in [0.1, 0.15) is 11.4 Å². The van der Waals surface area contributed by atoms with E-state index in [2.05, 4.69) is 10.3 Å². The van der Waals surface area contributed by atoms with Crippen molar-refractivity contribution in [2.75, 3.05) is 17.7 Å². The van der Waals surface area contributed by atoms with Crippen LogP contribution in [0.5, 0.6) is 0 Å². The van der Waals surface area contributed by atoms with Gasteiger partial charge in [-0.25, -0.2) is 9.78 Å². The van der Waals surface area contributed by atoms with Crippen molar-refractivity contribution >= 4 is 23.4 Å². The van der Waals surface area contributed by atoms with E-state index >= 15 is 0 Å². The molecular formula is C17H19N3O3. The number of aryl methyl sites for hydroxylation is 3. The van der Waals surface area contributed by atoms with Crippen LogP contribution in [0.1, 0.15) is 27.0 Å². The second kappa shape index (κ2) is 6.91. The SMILES string of the molecule is Cc1cc(C)c(NC(=O)COC(=O)c2cccnc2N)c(C)c1. The molecular weight excluding hydrogens is 294 g/mol. The lowest BCUT2D eigenvalue weighted by molar-refractivity contribution is -0.119. The van der Waals surface area contributed by atoms with Crippen molar-refractivity contribution in [3.8, 4) is 0 Å². The number of hydrogen-bond acceptors (Lipinski definition) is 5. The molecule has 0 saturated heterocycles. The number of amides is 1. The first kappa shape index (κ1) is 16.5. The number of ether oxygens (including phenoxy) is 1. The molecule has 1 amide bonds. The maximum Gasteiger partial charge on any atom is 0.342 e. The lowest BCUT2D eigenvalue weighted by Gasteiger charge is -2.13. The van der Waals surface area contributed by atoms with E-state index in [9.17, 15) is 9.59 Å². The minimum absolute atomic E-state index is 0.0723. The van der Waals surface area contributed by atoms with E-state index in [1.165, 1.54) is 12.3 Å². The normalized spacial score (nSPS) is 10.2. The van der Waals surface area contributed by atoms with Crippen molar-refractivity contribution in [1.82, 2.24) is 4.98 Å². The number of nitrogen functional groups attached to an aromatic ring is 1. The number of carbonyl (C=O) groups excluding carboxylic acids is 2. The van der Waals surface area contributed by atoms with Gasteiger partial charge in [-0.15, -0.1) is 0 Å².